The molecule has 1 amide bonds. The van der Waals surface area contributed by atoms with Gasteiger partial charge >= 0.3 is 0 Å². The van der Waals surface area contributed by atoms with Crippen LogP contribution in [0.25, 0.3) is 10.2 Å². The highest BCUT2D eigenvalue weighted by Gasteiger charge is 2.22. The van der Waals surface area contributed by atoms with E-state index >= 15 is 0 Å². The molecule has 0 spiro atoms. The predicted molar refractivity (Wildman–Crippen MR) is 104 cm³/mol. The monoisotopic (exact) mass is 354 g/mol. The van der Waals surface area contributed by atoms with Gasteiger partial charge in [-0.1, -0.05) is 31.2 Å². The van der Waals surface area contributed by atoms with Crippen LogP contribution >= 0.6 is 11.3 Å². The van der Waals surface area contributed by atoms with Crippen molar-refractivity contribution >= 4 is 33.1 Å². The lowest BCUT2D eigenvalue weighted by molar-refractivity contribution is -0.902. The minimum atomic E-state index is 0.0266. The van der Waals surface area contributed by atoms with Gasteiger partial charge in [-0.05, 0) is 43.2 Å². The van der Waals surface area contributed by atoms with Crippen molar-refractivity contribution in [2.75, 3.05) is 18.9 Å². The van der Waals surface area contributed by atoms with Crippen molar-refractivity contribution in [1.29, 1.82) is 0 Å². The Balaban J connectivity index is 1.63. The molecule has 0 saturated carbocycles. The lowest BCUT2D eigenvalue weighted by Gasteiger charge is -2.19. The molecule has 0 aliphatic heterocycles. The fraction of sp³-hybridized carbons (Fsp3) is 0.300. The normalized spacial score (nSPS) is 13.6. The molecule has 0 bridgehead atoms. The van der Waals surface area contributed by atoms with Crippen molar-refractivity contribution in [3.05, 3.63) is 59.1 Å². The van der Waals surface area contributed by atoms with E-state index in [1.807, 2.05) is 43.4 Å². The Morgan fingerprint density at radius 3 is 2.80 bits per heavy atom. The fourth-order valence-corrected chi connectivity index (χ4v) is 3.88. The first-order valence-corrected chi connectivity index (χ1v) is 9.45. The van der Waals surface area contributed by atoms with E-state index in [-0.39, 0.29) is 11.9 Å². The molecule has 3 aromatic rings. The zero-order chi connectivity index (χ0) is 17.8. The van der Waals surface area contributed by atoms with Gasteiger partial charge in [0.2, 0.25) is 0 Å². The summed E-state index contributed by atoms with van der Waals surface area (Å²) in [5.41, 5.74) is 3.12. The van der Waals surface area contributed by atoms with E-state index in [4.69, 9.17) is 4.98 Å². The van der Waals surface area contributed by atoms with Gasteiger partial charge in [-0.3, -0.25) is 4.79 Å². The Labute approximate surface area is 152 Å². The van der Waals surface area contributed by atoms with Crippen LogP contribution in [-0.4, -0.2) is 24.5 Å². The number of nitrogens with zero attached hydrogens (tertiary/aromatic N) is 1. The van der Waals surface area contributed by atoms with Crippen LogP contribution in [0.15, 0.2) is 48.5 Å². The van der Waals surface area contributed by atoms with Crippen molar-refractivity contribution in [2.45, 2.75) is 26.3 Å². The maximum absolute atomic E-state index is 12.4. The number of carbonyl (C=O) groups is 1. The number of anilines is 1. The van der Waals surface area contributed by atoms with Crippen molar-refractivity contribution in [1.82, 2.24) is 4.98 Å². The van der Waals surface area contributed by atoms with Crippen molar-refractivity contribution in [2.24, 2.45) is 0 Å². The highest BCUT2D eigenvalue weighted by atomic mass is 32.1. The number of likely N-dealkylation sites (N-methyl/N-ethyl adjacent to an activating group) is 1. The first-order valence-electron chi connectivity index (χ1n) is 8.63. The van der Waals surface area contributed by atoms with E-state index < -0.39 is 0 Å². The summed E-state index contributed by atoms with van der Waals surface area (Å²) in [7, 11) is 2.04. The predicted octanol–water partition coefficient (Wildman–Crippen LogP) is 3.07. The first kappa shape index (κ1) is 17.6. The quantitative estimate of drug-likeness (QED) is 0.715. The topological polar surface area (TPSA) is 46.4 Å². The number of fused-ring (bicyclic) bond motifs is 1. The largest absolute Gasteiger partial charge is 0.322 e. The number of hydrogen-bond acceptors (Lipinski definition) is 3. The van der Waals surface area contributed by atoms with Gasteiger partial charge in [0.25, 0.3) is 5.91 Å². The molecule has 2 atom stereocenters. The molecule has 0 radical (unpaired) electrons. The Bertz CT molecular complexity index is 841. The van der Waals surface area contributed by atoms with Crippen LogP contribution in [0.3, 0.4) is 0 Å². The maximum Gasteiger partial charge on any atom is 0.279 e. The van der Waals surface area contributed by atoms with Crippen LogP contribution in [0.2, 0.25) is 0 Å². The molecule has 5 heteroatoms. The summed E-state index contributed by atoms with van der Waals surface area (Å²) < 4.78 is 1.19. The van der Waals surface area contributed by atoms with Gasteiger partial charge in [0.15, 0.2) is 11.6 Å². The summed E-state index contributed by atoms with van der Waals surface area (Å²) in [5, 5.41) is 4.07. The van der Waals surface area contributed by atoms with Crippen LogP contribution in [0, 0.1) is 0 Å². The number of rotatable bonds is 6. The number of amides is 1. The molecular formula is C20H24N3OS+. The second-order valence-corrected chi connectivity index (χ2v) is 7.43. The average Bonchev–Trinajstić information content (AvgIpc) is 3.05. The molecule has 4 nitrogen and oxygen atoms in total. The summed E-state index contributed by atoms with van der Waals surface area (Å²) in [6.07, 6.45) is 0.962. The minimum Gasteiger partial charge on any atom is -0.322 e. The van der Waals surface area contributed by atoms with Gasteiger partial charge < -0.3 is 10.2 Å². The third-order valence-electron chi connectivity index (χ3n) is 4.48. The van der Waals surface area contributed by atoms with Gasteiger partial charge in [0.1, 0.15) is 6.04 Å². The summed E-state index contributed by atoms with van der Waals surface area (Å²) in [6, 6.07) is 16.3. The molecule has 0 fully saturated rings. The van der Waals surface area contributed by atoms with Crippen LogP contribution in [0.4, 0.5) is 5.69 Å². The molecule has 25 heavy (non-hydrogen) atoms. The number of aromatic nitrogens is 1. The third-order valence-corrected chi connectivity index (χ3v) is 5.70. The van der Waals surface area contributed by atoms with Gasteiger partial charge in [-0.15, -0.1) is 11.3 Å². The molecule has 0 aliphatic rings. The van der Waals surface area contributed by atoms with Crippen molar-refractivity contribution < 1.29 is 9.69 Å². The van der Waals surface area contributed by atoms with Crippen LogP contribution in [-0.2, 0) is 11.2 Å². The first-order chi connectivity index (χ1) is 12.1. The van der Waals surface area contributed by atoms with E-state index in [0.717, 1.165) is 27.5 Å². The van der Waals surface area contributed by atoms with Crippen molar-refractivity contribution in [3.8, 4) is 0 Å². The molecule has 1 aromatic heterocycles. The van der Waals surface area contributed by atoms with E-state index in [1.54, 1.807) is 11.3 Å². The molecule has 130 valence electrons. The van der Waals surface area contributed by atoms with Gasteiger partial charge in [0.05, 0.1) is 17.3 Å². The molecule has 2 N–H and O–H groups in total. The molecular weight excluding hydrogens is 330 g/mol. The number of aryl methyl sites for hydroxylation is 1. The Hall–Kier alpha value is -2.24. The van der Waals surface area contributed by atoms with Gasteiger partial charge in [-0.2, -0.15) is 0 Å². The lowest BCUT2D eigenvalue weighted by Crippen LogP contribution is -3.10. The fourth-order valence-electron chi connectivity index (χ4n) is 2.77. The van der Waals surface area contributed by atoms with E-state index in [2.05, 4.69) is 31.3 Å². The molecule has 0 saturated heterocycles. The zero-order valence-electron chi connectivity index (χ0n) is 14.9. The molecule has 1 heterocycles. The summed E-state index contributed by atoms with van der Waals surface area (Å²) >= 11 is 1.71. The van der Waals surface area contributed by atoms with Crippen LogP contribution in [0.1, 0.15) is 30.5 Å². The van der Waals surface area contributed by atoms with Gasteiger partial charge in [-0.25, -0.2) is 4.98 Å². The SMILES string of the molecule is CCc1cccc(NC(=O)C[NH+](C)[C@@H](C)c2nc3ccccc3s2)c1. The Morgan fingerprint density at radius 2 is 2.04 bits per heavy atom. The molecule has 2 aromatic carbocycles. The Morgan fingerprint density at radius 1 is 1.24 bits per heavy atom. The number of benzene rings is 2. The van der Waals surface area contributed by atoms with E-state index in [1.165, 1.54) is 10.3 Å². The van der Waals surface area contributed by atoms with Crippen molar-refractivity contribution in [3.63, 3.8) is 0 Å². The highest BCUT2D eigenvalue weighted by molar-refractivity contribution is 7.18. The van der Waals surface area contributed by atoms with E-state index in [0.29, 0.717) is 6.54 Å². The van der Waals surface area contributed by atoms with Crippen LogP contribution < -0.4 is 10.2 Å². The number of hydrogen-bond donors (Lipinski definition) is 2. The molecule has 3 rings (SSSR count). The second-order valence-electron chi connectivity index (χ2n) is 6.37. The third kappa shape index (κ3) is 4.24. The number of para-hydroxylation sites is 1. The minimum absolute atomic E-state index is 0.0266. The molecule has 1 unspecified atom stereocenters. The van der Waals surface area contributed by atoms with Crippen LogP contribution in [0.5, 0.6) is 0 Å². The number of nitrogens with one attached hydrogen (secondary N) is 2. The van der Waals surface area contributed by atoms with E-state index in [9.17, 15) is 4.79 Å². The Kier molecular flexibility index (Phi) is 5.46. The smallest absolute Gasteiger partial charge is 0.279 e. The summed E-state index contributed by atoms with van der Waals surface area (Å²) in [5.74, 6) is 0.0266. The van der Waals surface area contributed by atoms with Gasteiger partial charge in [0, 0.05) is 5.69 Å². The second kappa shape index (κ2) is 7.76. The standard InChI is InChI=1S/C20H23N3OS/c1-4-15-8-7-9-16(12-15)21-19(24)13-23(3)14(2)20-22-17-10-5-6-11-18(17)25-20/h5-12,14H,4,13H2,1-3H3,(H,21,24)/p+1/t14-/m0/s1. The lowest BCUT2D eigenvalue weighted by atomic mass is 10.1. The maximum atomic E-state index is 12.4. The summed E-state index contributed by atoms with van der Waals surface area (Å²) in [4.78, 5) is 18.2. The highest BCUT2D eigenvalue weighted by Crippen LogP contribution is 2.24. The average molecular weight is 354 g/mol. The summed E-state index contributed by atoms with van der Waals surface area (Å²) in [6.45, 7) is 4.64. The number of carbonyl (C=O) groups excluding carboxylic acids is 1. The zero-order valence-corrected chi connectivity index (χ0v) is 15.7. The number of thiazole rings is 1. The number of quaternary nitrogens is 1. The molecule has 0 aliphatic carbocycles.